The number of hydrogen-bond donors (Lipinski definition) is 1. The molecule has 0 saturated heterocycles. The van der Waals surface area contributed by atoms with Crippen molar-refractivity contribution in [2.75, 3.05) is 0 Å². The standard InChI is InChI=1S/C14H10F2O3S/c15-11-4-5-13(12(16)7-11)20(19)8-9-2-1-3-10(6-9)14(17)18/h1-7H,8H2,(H,17,18). The average molecular weight is 296 g/mol. The topological polar surface area (TPSA) is 54.4 Å². The zero-order valence-electron chi connectivity index (χ0n) is 10.2. The molecule has 1 N–H and O–H groups in total. The fourth-order valence-corrected chi connectivity index (χ4v) is 2.82. The SMILES string of the molecule is O=C(O)c1cccc(CS(=O)c2ccc(F)cc2F)c1. The van der Waals surface area contributed by atoms with Crippen LogP contribution in [-0.4, -0.2) is 15.3 Å². The highest BCUT2D eigenvalue weighted by Gasteiger charge is 2.12. The number of halogens is 2. The van der Waals surface area contributed by atoms with Crippen LogP contribution < -0.4 is 0 Å². The van der Waals surface area contributed by atoms with E-state index >= 15 is 0 Å². The summed E-state index contributed by atoms with van der Waals surface area (Å²) in [6.07, 6.45) is 0. The number of aromatic carboxylic acids is 1. The van der Waals surface area contributed by atoms with Gasteiger partial charge in [0.2, 0.25) is 0 Å². The molecule has 1 atom stereocenters. The van der Waals surface area contributed by atoms with Crippen LogP contribution in [0, 0.1) is 11.6 Å². The van der Waals surface area contributed by atoms with Crippen LogP contribution in [0.25, 0.3) is 0 Å². The summed E-state index contributed by atoms with van der Waals surface area (Å²) in [5.41, 5.74) is 0.575. The van der Waals surface area contributed by atoms with Crippen molar-refractivity contribution >= 4 is 16.8 Å². The van der Waals surface area contributed by atoms with Crippen LogP contribution in [0.4, 0.5) is 8.78 Å². The molecule has 0 heterocycles. The van der Waals surface area contributed by atoms with Crippen molar-refractivity contribution in [1.29, 1.82) is 0 Å². The van der Waals surface area contributed by atoms with E-state index in [1.807, 2.05) is 0 Å². The van der Waals surface area contributed by atoms with Crippen LogP contribution in [0.3, 0.4) is 0 Å². The minimum absolute atomic E-state index is 0.0380. The maximum absolute atomic E-state index is 13.5. The molecule has 0 saturated carbocycles. The lowest BCUT2D eigenvalue weighted by atomic mass is 10.1. The number of hydrogen-bond acceptors (Lipinski definition) is 2. The molecule has 2 rings (SSSR count). The number of carboxylic acids is 1. The first kappa shape index (κ1) is 14.3. The van der Waals surface area contributed by atoms with Crippen molar-refractivity contribution in [1.82, 2.24) is 0 Å². The second-order valence-corrected chi connectivity index (χ2v) is 5.49. The molecule has 2 aromatic carbocycles. The van der Waals surface area contributed by atoms with Gasteiger partial charge in [-0.05, 0) is 29.8 Å². The molecule has 0 aromatic heterocycles. The summed E-state index contributed by atoms with van der Waals surface area (Å²) < 4.78 is 38.3. The zero-order valence-corrected chi connectivity index (χ0v) is 11.0. The van der Waals surface area contributed by atoms with Gasteiger partial charge in [-0.15, -0.1) is 0 Å². The Labute approximate surface area is 116 Å². The number of benzene rings is 2. The Balaban J connectivity index is 2.23. The molecule has 0 aliphatic carbocycles. The van der Waals surface area contributed by atoms with Gasteiger partial charge < -0.3 is 5.11 Å². The van der Waals surface area contributed by atoms with Crippen molar-refractivity contribution in [3.8, 4) is 0 Å². The second kappa shape index (κ2) is 5.92. The van der Waals surface area contributed by atoms with Gasteiger partial charge in [0.1, 0.15) is 11.6 Å². The summed E-state index contributed by atoms with van der Waals surface area (Å²) >= 11 is 0. The van der Waals surface area contributed by atoms with Gasteiger partial charge in [-0.25, -0.2) is 13.6 Å². The molecule has 0 aliphatic rings. The van der Waals surface area contributed by atoms with E-state index in [1.54, 1.807) is 6.07 Å². The maximum atomic E-state index is 13.5. The maximum Gasteiger partial charge on any atom is 0.335 e. The largest absolute Gasteiger partial charge is 0.478 e. The minimum Gasteiger partial charge on any atom is -0.478 e. The van der Waals surface area contributed by atoms with Crippen LogP contribution >= 0.6 is 0 Å². The Morgan fingerprint density at radius 3 is 2.55 bits per heavy atom. The highest BCUT2D eigenvalue weighted by molar-refractivity contribution is 7.84. The Kier molecular flexibility index (Phi) is 4.24. The summed E-state index contributed by atoms with van der Waals surface area (Å²) in [6.45, 7) is 0. The third kappa shape index (κ3) is 3.27. The van der Waals surface area contributed by atoms with Crippen molar-refractivity contribution in [2.24, 2.45) is 0 Å². The lowest BCUT2D eigenvalue weighted by Gasteiger charge is -2.05. The monoisotopic (exact) mass is 296 g/mol. The first-order valence-electron chi connectivity index (χ1n) is 5.63. The molecule has 0 amide bonds. The van der Waals surface area contributed by atoms with Gasteiger partial charge in [-0.2, -0.15) is 0 Å². The van der Waals surface area contributed by atoms with Gasteiger partial charge >= 0.3 is 5.97 Å². The lowest BCUT2D eigenvalue weighted by Crippen LogP contribution is -2.02. The molecule has 3 nitrogen and oxygen atoms in total. The zero-order chi connectivity index (χ0) is 14.7. The van der Waals surface area contributed by atoms with Gasteiger partial charge in [-0.1, -0.05) is 12.1 Å². The van der Waals surface area contributed by atoms with Gasteiger partial charge in [0.25, 0.3) is 0 Å². The summed E-state index contributed by atoms with van der Waals surface area (Å²) in [4.78, 5) is 10.7. The fraction of sp³-hybridized carbons (Fsp3) is 0.0714. The van der Waals surface area contributed by atoms with Crippen molar-refractivity contribution in [3.63, 3.8) is 0 Å². The van der Waals surface area contributed by atoms with Crippen LogP contribution in [0.1, 0.15) is 15.9 Å². The van der Waals surface area contributed by atoms with E-state index in [1.165, 1.54) is 18.2 Å². The van der Waals surface area contributed by atoms with Crippen LogP contribution in [0.15, 0.2) is 47.4 Å². The number of rotatable bonds is 4. The molecule has 20 heavy (non-hydrogen) atoms. The van der Waals surface area contributed by atoms with Crippen molar-refractivity contribution in [2.45, 2.75) is 10.6 Å². The summed E-state index contributed by atoms with van der Waals surface area (Å²) in [5, 5.41) is 8.86. The Morgan fingerprint density at radius 2 is 1.90 bits per heavy atom. The minimum atomic E-state index is -1.71. The predicted molar refractivity (Wildman–Crippen MR) is 69.9 cm³/mol. The first-order chi connectivity index (χ1) is 9.47. The predicted octanol–water partition coefficient (Wildman–Crippen LogP) is 2.97. The molecule has 2 aromatic rings. The van der Waals surface area contributed by atoms with Gasteiger partial charge in [0.05, 0.1) is 27.0 Å². The quantitative estimate of drug-likeness (QED) is 0.943. The number of carbonyl (C=O) groups is 1. The van der Waals surface area contributed by atoms with Gasteiger partial charge in [-0.3, -0.25) is 4.21 Å². The molecular weight excluding hydrogens is 286 g/mol. The normalized spacial score (nSPS) is 12.1. The first-order valence-corrected chi connectivity index (χ1v) is 6.95. The smallest absolute Gasteiger partial charge is 0.335 e. The van der Waals surface area contributed by atoms with Crippen LogP contribution in [0.2, 0.25) is 0 Å². The fourth-order valence-electron chi connectivity index (χ4n) is 1.68. The highest BCUT2D eigenvalue weighted by Crippen LogP contribution is 2.17. The van der Waals surface area contributed by atoms with E-state index in [0.717, 1.165) is 12.1 Å². The van der Waals surface area contributed by atoms with E-state index < -0.39 is 28.4 Å². The molecule has 0 aliphatic heterocycles. The Hall–Kier alpha value is -2.08. The van der Waals surface area contributed by atoms with Crippen molar-refractivity contribution in [3.05, 3.63) is 65.2 Å². The molecule has 0 radical (unpaired) electrons. The third-order valence-corrected chi connectivity index (χ3v) is 4.03. The Morgan fingerprint density at radius 1 is 1.15 bits per heavy atom. The molecule has 104 valence electrons. The van der Waals surface area contributed by atoms with E-state index in [9.17, 15) is 17.8 Å². The third-order valence-electron chi connectivity index (χ3n) is 2.61. The summed E-state index contributed by atoms with van der Waals surface area (Å²) in [6, 6.07) is 8.74. The highest BCUT2D eigenvalue weighted by atomic mass is 32.2. The van der Waals surface area contributed by atoms with Crippen LogP contribution in [-0.2, 0) is 16.6 Å². The summed E-state index contributed by atoms with van der Waals surface area (Å²) in [5.74, 6) is -2.75. The molecule has 6 heteroatoms. The van der Waals surface area contributed by atoms with Crippen LogP contribution in [0.5, 0.6) is 0 Å². The van der Waals surface area contributed by atoms with Crippen molar-refractivity contribution < 1.29 is 22.9 Å². The molecule has 1 unspecified atom stereocenters. The van der Waals surface area contributed by atoms with Gasteiger partial charge in [0.15, 0.2) is 0 Å². The number of carboxylic acid groups (broad SMARTS) is 1. The molecule has 0 spiro atoms. The average Bonchev–Trinajstić information content (AvgIpc) is 2.38. The van der Waals surface area contributed by atoms with E-state index in [-0.39, 0.29) is 16.2 Å². The lowest BCUT2D eigenvalue weighted by molar-refractivity contribution is 0.0696. The summed E-state index contributed by atoms with van der Waals surface area (Å²) in [7, 11) is -1.71. The van der Waals surface area contributed by atoms with E-state index in [2.05, 4.69) is 0 Å². The van der Waals surface area contributed by atoms with Gasteiger partial charge in [0, 0.05) is 6.07 Å². The Bertz CT molecular complexity index is 686. The van der Waals surface area contributed by atoms with E-state index in [4.69, 9.17) is 5.11 Å². The molecule has 0 bridgehead atoms. The molecular formula is C14H10F2O3S. The van der Waals surface area contributed by atoms with E-state index in [0.29, 0.717) is 11.6 Å². The second-order valence-electron chi connectivity index (χ2n) is 4.07. The molecule has 0 fully saturated rings.